The molecule has 148 valence electrons. The van der Waals surface area contributed by atoms with Crippen LogP contribution >= 0.6 is 11.6 Å². The molecule has 4 nitrogen and oxygen atoms in total. The Kier molecular flexibility index (Phi) is 5.50. The van der Waals surface area contributed by atoms with Crippen LogP contribution in [0.3, 0.4) is 0 Å². The smallest absolute Gasteiger partial charge is 0.343 e. The zero-order valence-electron chi connectivity index (χ0n) is 15.8. The summed E-state index contributed by atoms with van der Waals surface area (Å²) in [5.74, 6) is -1.37. The lowest BCUT2D eigenvalue weighted by Gasteiger charge is -2.18. The fourth-order valence-electron chi connectivity index (χ4n) is 3.23. The van der Waals surface area contributed by atoms with Gasteiger partial charge in [0.25, 0.3) is 0 Å². The maximum absolute atomic E-state index is 13.1. The molecule has 5 heteroatoms. The quantitative estimate of drug-likeness (QED) is 0.321. The number of phenols is 1. The zero-order chi connectivity index (χ0) is 21.1. The summed E-state index contributed by atoms with van der Waals surface area (Å²) in [7, 11) is 0. The molecule has 0 unspecified atom stereocenters. The van der Waals surface area contributed by atoms with Crippen LogP contribution in [-0.2, 0) is 4.74 Å². The van der Waals surface area contributed by atoms with Gasteiger partial charge in [-0.05, 0) is 35.0 Å². The number of rotatable bonds is 5. The molecule has 0 heterocycles. The lowest BCUT2D eigenvalue weighted by molar-refractivity contribution is 0.0277. The normalized spacial score (nSPS) is 11.8. The van der Waals surface area contributed by atoms with Gasteiger partial charge >= 0.3 is 5.97 Å². The number of phenolic OH excluding ortho intramolecular Hbond substituents is 1. The summed E-state index contributed by atoms with van der Waals surface area (Å²) in [5.41, 5.74) is 0.892. The highest BCUT2D eigenvalue weighted by molar-refractivity contribution is 6.30. The minimum Gasteiger partial charge on any atom is -0.507 e. The average molecular weight is 417 g/mol. The van der Waals surface area contributed by atoms with Crippen LogP contribution in [0.15, 0.2) is 91.0 Å². The Morgan fingerprint density at radius 2 is 1.40 bits per heavy atom. The number of fused-ring (bicyclic) bond motifs is 1. The predicted octanol–water partition coefficient (Wildman–Crippen LogP) is 5.98. The summed E-state index contributed by atoms with van der Waals surface area (Å²) in [6, 6.07) is 25.5. The van der Waals surface area contributed by atoms with Crippen molar-refractivity contribution in [1.82, 2.24) is 0 Å². The lowest BCUT2D eigenvalue weighted by atomic mass is 9.99. The topological polar surface area (TPSA) is 63.6 Å². The Hall–Kier alpha value is -3.63. The van der Waals surface area contributed by atoms with Gasteiger partial charge in [-0.2, -0.15) is 0 Å². The molecular weight excluding hydrogens is 400 g/mol. The zero-order valence-corrected chi connectivity index (χ0v) is 16.5. The highest BCUT2D eigenvalue weighted by Gasteiger charge is 2.28. The van der Waals surface area contributed by atoms with Crippen molar-refractivity contribution < 1.29 is 19.4 Å². The summed E-state index contributed by atoms with van der Waals surface area (Å²) in [4.78, 5) is 26.1. The third-order valence-corrected chi connectivity index (χ3v) is 5.03. The second kappa shape index (κ2) is 8.39. The summed E-state index contributed by atoms with van der Waals surface area (Å²) in [6.07, 6.45) is -1.18. The van der Waals surface area contributed by atoms with Gasteiger partial charge in [0.2, 0.25) is 5.78 Å². The van der Waals surface area contributed by atoms with Gasteiger partial charge < -0.3 is 9.84 Å². The van der Waals surface area contributed by atoms with Gasteiger partial charge in [-0.1, -0.05) is 78.3 Å². The molecule has 0 saturated heterocycles. The van der Waals surface area contributed by atoms with E-state index in [0.717, 1.165) is 10.8 Å². The number of hydrogen-bond acceptors (Lipinski definition) is 4. The van der Waals surface area contributed by atoms with Crippen molar-refractivity contribution in [1.29, 1.82) is 0 Å². The lowest BCUT2D eigenvalue weighted by Crippen LogP contribution is -2.20. The number of benzene rings is 4. The maximum Gasteiger partial charge on any atom is 0.343 e. The minimum absolute atomic E-state index is 0.00600. The van der Waals surface area contributed by atoms with Crippen LogP contribution in [0.5, 0.6) is 5.75 Å². The summed E-state index contributed by atoms with van der Waals surface area (Å²) in [6.45, 7) is 0. The molecule has 0 aromatic heterocycles. The molecule has 0 saturated carbocycles. The van der Waals surface area contributed by atoms with E-state index in [0.29, 0.717) is 16.1 Å². The fraction of sp³-hybridized carbons (Fsp3) is 0.0400. The first-order chi connectivity index (χ1) is 14.5. The Labute approximate surface area is 178 Å². The molecule has 0 fully saturated rings. The van der Waals surface area contributed by atoms with Crippen LogP contribution < -0.4 is 0 Å². The van der Waals surface area contributed by atoms with E-state index in [4.69, 9.17) is 16.3 Å². The second-order valence-electron chi connectivity index (χ2n) is 6.78. The molecule has 1 N–H and O–H groups in total. The van der Waals surface area contributed by atoms with E-state index in [1.54, 1.807) is 60.7 Å². The molecule has 0 aliphatic rings. The number of aromatic hydroxyl groups is 1. The standard InChI is InChI=1S/C25H17ClO4/c26-20-12-10-17(11-13-20)24(23(28)16-6-2-1-3-7-16)30-25(29)21-14-18-8-4-5-9-19(18)15-22(21)27/h1-15,24,27H/t24-/m0/s1. The van der Waals surface area contributed by atoms with Crippen molar-refractivity contribution in [2.45, 2.75) is 6.10 Å². The van der Waals surface area contributed by atoms with E-state index in [9.17, 15) is 14.7 Å². The molecule has 1 atom stereocenters. The van der Waals surface area contributed by atoms with E-state index in [-0.39, 0.29) is 17.1 Å². The number of carbonyl (C=O) groups excluding carboxylic acids is 2. The van der Waals surface area contributed by atoms with Crippen LogP contribution in [0, 0.1) is 0 Å². The largest absolute Gasteiger partial charge is 0.507 e. The van der Waals surface area contributed by atoms with Crippen LogP contribution in [0.4, 0.5) is 0 Å². The van der Waals surface area contributed by atoms with Gasteiger partial charge in [0.15, 0.2) is 6.10 Å². The molecule has 0 radical (unpaired) electrons. The van der Waals surface area contributed by atoms with Crippen LogP contribution in [0.2, 0.25) is 5.02 Å². The van der Waals surface area contributed by atoms with E-state index in [1.807, 2.05) is 24.3 Å². The number of ketones is 1. The molecule has 30 heavy (non-hydrogen) atoms. The molecule has 0 bridgehead atoms. The summed E-state index contributed by atoms with van der Waals surface area (Å²) in [5, 5.41) is 12.4. The number of Topliss-reactive ketones (excluding diaryl/α,β-unsaturated/α-hetero) is 1. The maximum atomic E-state index is 13.1. The first kappa shape index (κ1) is 19.7. The molecule has 0 amide bonds. The van der Waals surface area contributed by atoms with Gasteiger partial charge in [0.1, 0.15) is 11.3 Å². The highest BCUT2D eigenvalue weighted by atomic mass is 35.5. The minimum atomic E-state index is -1.18. The third-order valence-electron chi connectivity index (χ3n) is 4.78. The number of carbonyl (C=O) groups is 2. The van der Waals surface area contributed by atoms with E-state index in [2.05, 4.69) is 0 Å². The number of hydrogen-bond donors (Lipinski definition) is 1. The third kappa shape index (κ3) is 4.04. The first-order valence-corrected chi connectivity index (χ1v) is 9.68. The number of esters is 1. The monoisotopic (exact) mass is 416 g/mol. The Morgan fingerprint density at radius 1 is 0.800 bits per heavy atom. The molecule has 4 rings (SSSR count). The number of ether oxygens (including phenoxy) is 1. The average Bonchev–Trinajstić information content (AvgIpc) is 2.77. The Morgan fingerprint density at radius 3 is 2.07 bits per heavy atom. The van der Waals surface area contributed by atoms with Crippen LogP contribution in [0.25, 0.3) is 10.8 Å². The van der Waals surface area contributed by atoms with Crippen molar-refractivity contribution in [2.24, 2.45) is 0 Å². The highest BCUT2D eigenvalue weighted by Crippen LogP contribution is 2.29. The van der Waals surface area contributed by atoms with Crippen LogP contribution in [-0.4, -0.2) is 16.9 Å². The van der Waals surface area contributed by atoms with Crippen molar-refractivity contribution >= 4 is 34.1 Å². The van der Waals surface area contributed by atoms with Gasteiger partial charge in [-0.3, -0.25) is 4.79 Å². The Bertz CT molecular complexity index is 1220. The van der Waals surface area contributed by atoms with Crippen molar-refractivity contribution in [3.05, 3.63) is 113 Å². The van der Waals surface area contributed by atoms with Gasteiger partial charge in [0.05, 0.1) is 0 Å². The molecule has 4 aromatic carbocycles. The van der Waals surface area contributed by atoms with E-state index in [1.165, 1.54) is 6.07 Å². The molecule has 0 aliphatic carbocycles. The van der Waals surface area contributed by atoms with Crippen molar-refractivity contribution in [3.8, 4) is 5.75 Å². The van der Waals surface area contributed by atoms with Gasteiger partial charge in [0, 0.05) is 16.1 Å². The Balaban J connectivity index is 1.71. The fourth-order valence-corrected chi connectivity index (χ4v) is 3.35. The second-order valence-corrected chi connectivity index (χ2v) is 7.22. The molecular formula is C25H17ClO4. The predicted molar refractivity (Wildman–Crippen MR) is 116 cm³/mol. The van der Waals surface area contributed by atoms with Crippen LogP contribution in [0.1, 0.15) is 32.4 Å². The first-order valence-electron chi connectivity index (χ1n) is 9.30. The van der Waals surface area contributed by atoms with Gasteiger partial charge in [-0.25, -0.2) is 4.79 Å². The number of halogens is 1. The molecule has 0 spiro atoms. The molecule has 4 aromatic rings. The van der Waals surface area contributed by atoms with Gasteiger partial charge in [-0.15, -0.1) is 0 Å². The van der Waals surface area contributed by atoms with E-state index >= 15 is 0 Å². The van der Waals surface area contributed by atoms with Crippen molar-refractivity contribution in [3.63, 3.8) is 0 Å². The van der Waals surface area contributed by atoms with E-state index < -0.39 is 12.1 Å². The summed E-state index contributed by atoms with van der Waals surface area (Å²) < 4.78 is 5.62. The molecule has 0 aliphatic heterocycles. The van der Waals surface area contributed by atoms with Crippen molar-refractivity contribution in [2.75, 3.05) is 0 Å². The SMILES string of the molecule is O=C(O[C@H](C(=O)c1ccccc1)c1ccc(Cl)cc1)c1cc2ccccc2cc1O. The summed E-state index contributed by atoms with van der Waals surface area (Å²) >= 11 is 5.97.